The molecule has 8 heteroatoms. The highest BCUT2D eigenvalue weighted by Crippen LogP contribution is 2.37. The van der Waals surface area contributed by atoms with Crippen LogP contribution in [0.1, 0.15) is 36.0 Å². The molecule has 0 heterocycles. The fourth-order valence-corrected chi connectivity index (χ4v) is 2.96. The molecule has 1 aliphatic rings. The second kappa shape index (κ2) is 6.86. The van der Waals surface area contributed by atoms with E-state index in [1.807, 2.05) is 0 Å². The Balaban J connectivity index is 2.11. The van der Waals surface area contributed by atoms with Gasteiger partial charge in [-0.2, -0.15) is 13.2 Å². The van der Waals surface area contributed by atoms with E-state index in [4.69, 9.17) is 22.1 Å². The second-order valence-corrected chi connectivity index (χ2v) is 6.06. The van der Waals surface area contributed by atoms with Gasteiger partial charge in [0.2, 0.25) is 0 Å². The van der Waals surface area contributed by atoms with Gasteiger partial charge in [-0.3, -0.25) is 4.79 Å². The first-order valence-electron chi connectivity index (χ1n) is 7.23. The summed E-state index contributed by atoms with van der Waals surface area (Å²) >= 11 is 5.90. The molecule has 0 radical (unpaired) electrons. The Kier molecular flexibility index (Phi) is 5.29. The van der Waals surface area contributed by atoms with Crippen LogP contribution in [-0.2, 0) is 0 Å². The number of nitrogens with two attached hydrogens (primary N) is 1. The van der Waals surface area contributed by atoms with Gasteiger partial charge in [0.05, 0.1) is 29.3 Å². The number of nitrogens with one attached hydrogen (secondary N) is 1. The molecule has 2 rings (SSSR count). The third kappa shape index (κ3) is 4.22. The van der Waals surface area contributed by atoms with E-state index in [-0.39, 0.29) is 34.9 Å². The molecule has 1 aromatic rings. The van der Waals surface area contributed by atoms with E-state index in [9.17, 15) is 18.0 Å². The van der Waals surface area contributed by atoms with Crippen molar-refractivity contribution in [2.24, 2.45) is 5.92 Å². The van der Waals surface area contributed by atoms with Gasteiger partial charge in [0.1, 0.15) is 5.75 Å². The van der Waals surface area contributed by atoms with Crippen LogP contribution in [0.2, 0.25) is 5.02 Å². The molecule has 3 N–H and O–H groups in total. The number of amides is 1. The zero-order chi connectivity index (χ0) is 17.2. The van der Waals surface area contributed by atoms with Crippen LogP contribution in [0.15, 0.2) is 12.1 Å². The molecule has 128 valence electrons. The fraction of sp³-hybridized carbons (Fsp3) is 0.533. The number of benzene rings is 1. The monoisotopic (exact) mass is 350 g/mol. The lowest BCUT2D eigenvalue weighted by Crippen LogP contribution is -2.41. The first kappa shape index (κ1) is 17.7. The van der Waals surface area contributed by atoms with Crippen LogP contribution in [0.25, 0.3) is 0 Å². The van der Waals surface area contributed by atoms with Crippen LogP contribution in [0.5, 0.6) is 5.75 Å². The number of carbonyl (C=O) groups excluding carboxylic acids is 1. The Labute approximate surface area is 137 Å². The minimum absolute atomic E-state index is 0.104. The molecule has 0 bridgehead atoms. The van der Waals surface area contributed by atoms with Crippen molar-refractivity contribution in [1.29, 1.82) is 0 Å². The fourth-order valence-electron chi connectivity index (χ4n) is 2.80. The zero-order valence-electron chi connectivity index (χ0n) is 12.5. The molecule has 0 aromatic heterocycles. The van der Waals surface area contributed by atoms with Crippen molar-refractivity contribution in [2.75, 3.05) is 12.8 Å². The number of anilines is 1. The van der Waals surface area contributed by atoms with Crippen molar-refractivity contribution < 1.29 is 22.7 Å². The Bertz CT molecular complexity index is 593. The Morgan fingerprint density at radius 1 is 1.39 bits per heavy atom. The molecule has 1 amide bonds. The normalized spacial score (nSPS) is 21.8. The molecule has 1 saturated carbocycles. The number of methoxy groups -OCH3 is 1. The Morgan fingerprint density at radius 2 is 2.09 bits per heavy atom. The van der Waals surface area contributed by atoms with Gasteiger partial charge < -0.3 is 15.8 Å². The quantitative estimate of drug-likeness (QED) is 0.815. The average molecular weight is 351 g/mol. The molecule has 0 spiro atoms. The largest absolute Gasteiger partial charge is 0.496 e. The van der Waals surface area contributed by atoms with E-state index in [2.05, 4.69) is 5.32 Å². The van der Waals surface area contributed by atoms with E-state index in [1.165, 1.54) is 19.2 Å². The van der Waals surface area contributed by atoms with Crippen molar-refractivity contribution in [1.82, 2.24) is 5.32 Å². The maximum absolute atomic E-state index is 12.8. The second-order valence-electron chi connectivity index (χ2n) is 5.65. The van der Waals surface area contributed by atoms with Crippen LogP contribution in [0.4, 0.5) is 18.9 Å². The number of hydrogen-bond donors (Lipinski definition) is 2. The summed E-state index contributed by atoms with van der Waals surface area (Å²) in [5.41, 5.74) is 6.06. The number of hydrogen-bond acceptors (Lipinski definition) is 3. The molecule has 0 saturated heterocycles. The predicted octanol–water partition coefficient (Wildman–Crippen LogP) is 3.78. The van der Waals surface area contributed by atoms with Gasteiger partial charge in [-0.05, 0) is 25.3 Å². The highest BCUT2D eigenvalue weighted by Gasteiger charge is 2.42. The van der Waals surface area contributed by atoms with Crippen LogP contribution in [0.3, 0.4) is 0 Å². The summed E-state index contributed by atoms with van der Waals surface area (Å²) in [5, 5.41) is 2.83. The number of rotatable bonds is 3. The lowest BCUT2D eigenvalue weighted by Gasteiger charge is -2.31. The molecule has 2 atom stereocenters. The SMILES string of the molecule is COc1cc(N)c(Cl)cc1C(=O)NC1CCCC(C(F)(F)F)C1. The predicted molar refractivity (Wildman–Crippen MR) is 81.7 cm³/mol. The minimum atomic E-state index is -4.23. The van der Waals surface area contributed by atoms with Crippen LogP contribution < -0.4 is 15.8 Å². The summed E-state index contributed by atoms with van der Waals surface area (Å²) < 4.78 is 43.6. The molecule has 1 fully saturated rings. The number of nitrogen functional groups attached to an aromatic ring is 1. The topological polar surface area (TPSA) is 64.3 Å². The highest BCUT2D eigenvalue weighted by molar-refractivity contribution is 6.33. The van der Waals surface area contributed by atoms with Gasteiger partial charge in [0, 0.05) is 12.1 Å². The maximum atomic E-state index is 12.8. The van der Waals surface area contributed by atoms with Crippen molar-refractivity contribution in [2.45, 2.75) is 37.9 Å². The van der Waals surface area contributed by atoms with Gasteiger partial charge in [0.15, 0.2) is 0 Å². The smallest absolute Gasteiger partial charge is 0.391 e. The molecule has 23 heavy (non-hydrogen) atoms. The summed E-state index contributed by atoms with van der Waals surface area (Å²) in [6.45, 7) is 0. The van der Waals surface area contributed by atoms with Crippen LogP contribution >= 0.6 is 11.6 Å². The molecular formula is C15H18ClF3N2O2. The zero-order valence-corrected chi connectivity index (χ0v) is 13.3. The number of ether oxygens (including phenoxy) is 1. The molecular weight excluding hydrogens is 333 g/mol. The van der Waals surface area contributed by atoms with Gasteiger partial charge in [0.25, 0.3) is 5.91 Å². The number of alkyl halides is 3. The van der Waals surface area contributed by atoms with Crippen molar-refractivity contribution in [3.63, 3.8) is 0 Å². The summed E-state index contributed by atoms with van der Waals surface area (Å²) in [7, 11) is 1.37. The summed E-state index contributed by atoms with van der Waals surface area (Å²) in [5.74, 6) is -1.66. The Hall–Kier alpha value is -1.63. The lowest BCUT2D eigenvalue weighted by molar-refractivity contribution is -0.183. The van der Waals surface area contributed by atoms with E-state index in [0.29, 0.717) is 12.8 Å². The molecule has 0 aliphatic heterocycles. The average Bonchev–Trinajstić information content (AvgIpc) is 2.48. The van der Waals surface area contributed by atoms with Gasteiger partial charge in [-0.25, -0.2) is 0 Å². The van der Waals surface area contributed by atoms with Crippen molar-refractivity contribution in [3.8, 4) is 5.75 Å². The van der Waals surface area contributed by atoms with E-state index in [0.717, 1.165) is 0 Å². The summed E-state index contributed by atoms with van der Waals surface area (Å²) in [6, 6.07) is 2.25. The van der Waals surface area contributed by atoms with E-state index in [1.54, 1.807) is 0 Å². The molecule has 4 nitrogen and oxygen atoms in total. The lowest BCUT2D eigenvalue weighted by atomic mass is 9.85. The third-order valence-electron chi connectivity index (χ3n) is 4.04. The first-order valence-corrected chi connectivity index (χ1v) is 7.60. The summed E-state index contributed by atoms with van der Waals surface area (Å²) in [6.07, 6.45) is -3.29. The number of halogens is 4. The van der Waals surface area contributed by atoms with Gasteiger partial charge in [-0.1, -0.05) is 18.0 Å². The molecule has 2 unspecified atom stereocenters. The first-order chi connectivity index (χ1) is 10.7. The van der Waals surface area contributed by atoms with E-state index >= 15 is 0 Å². The van der Waals surface area contributed by atoms with Crippen molar-refractivity contribution in [3.05, 3.63) is 22.7 Å². The molecule has 1 aliphatic carbocycles. The molecule has 1 aromatic carbocycles. The Morgan fingerprint density at radius 3 is 2.70 bits per heavy atom. The summed E-state index contributed by atoms with van der Waals surface area (Å²) in [4.78, 5) is 12.3. The standard InChI is InChI=1S/C15H18ClF3N2O2/c1-23-13-7-12(20)11(16)6-10(13)14(22)21-9-4-2-3-8(5-9)15(17,18)19/h6-9H,2-5,20H2,1H3,(H,21,22). The van der Waals surface area contributed by atoms with Crippen molar-refractivity contribution >= 4 is 23.2 Å². The highest BCUT2D eigenvalue weighted by atomic mass is 35.5. The maximum Gasteiger partial charge on any atom is 0.391 e. The van der Waals surface area contributed by atoms with Crippen LogP contribution in [-0.4, -0.2) is 25.2 Å². The minimum Gasteiger partial charge on any atom is -0.496 e. The third-order valence-corrected chi connectivity index (χ3v) is 4.36. The van der Waals surface area contributed by atoms with Crippen LogP contribution in [0, 0.1) is 5.92 Å². The van der Waals surface area contributed by atoms with Gasteiger partial charge in [-0.15, -0.1) is 0 Å². The van der Waals surface area contributed by atoms with Gasteiger partial charge >= 0.3 is 6.18 Å². The van der Waals surface area contributed by atoms with E-state index < -0.39 is 24.0 Å². The number of carbonyl (C=O) groups is 1.